The van der Waals surface area contributed by atoms with Gasteiger partial charge in [0, 0.05) is 16.7 Å². The Labute approximate surface area is 324 Å². The Kier molecular flexibility index (Phi) is 7.36. The third kappa shape index (κ3) is 5.04. The van der Waals surface area contributed by atoms with E-state index < -0.39 is 5.41 Å². The lowest BCUT2D eigenvalue weighted by Gasteiger charge is -2.34. The number of hydrogen-bond donors (Lipinski definition) is 0. The van der Waals surface area contributed by atoms with Gasteiger partial charge in [-0.1, -0.05) is 158 Å². The largest absolute Gasteiger partial charge is 0.436 e. The molecule has 8 aromatic carbocycles. The fourth-order valence-corrected chi connectivity index (χ4v) is 8.62. The summed E-state index contributed by atoms with van der Waals surface area (Å²) in [4.78, 5) is 15.3. The molecule has 2 aromatic heterocycles. The number of aromatic nitrogens is 3. The van der Waals surface area contributed by atoms with E-state index in [0.717, 1.165) is 61.3 Å². The number of nitrogens with zero attached hydrogens (tertiary/aromatic N) is 3. The molecule has 0 bridgehead atoms. The highest BCUT2D eigenvalue weighted by Gasteiger charge is 2.46. The molecule has 0 unspecified atom stereocenters. The maximum absolute atomic E-state index is 6.02. The van der Waals surface area contributed by atoms with Crippen LogP contribution in [0.15, 0.2) is 205 Å². The maximum atomic E-state index is 6.02. The molecule has 0 fully saturated rings. The first-order valence-corrected chi connectivity index (χ1v) is 18.9. The minimum atomic E-state index is -0.507. The van der Waals surface area contributed by atoms with Gasteiger partial charge in [0.05, 0.1) is 27.8 Å². The van der Waals surface area contributed by atoms with Crippen molar-refractivity contribution >= 4 is 22.1 Å². The van der Waals surface area contributed by atoms with Gasteiger partial charge in [0.2, 0.25) is 5.89 Å². The molecular weight excluding hydrogens is 683 g/mol. The minimum Gasteiger partial charge on any atom is -0.436 e. The lowest BCUT2D eigenvalue weighted by Crippen LogP contribution is -2.28. The van der Waals surface area contributed by atoms with Crippen LogP contribution in [0.5, 0.6) is 0 Å². The fraction of sp³-hybridized carbons (Fsp3) is 0.0192. The molecule has 1 aliphatic rings. The van der Waals surface area contributed by atoms with Gasteiger partial charge in [0.25, 0.3) is 0 Å². The Hall–Kier alpha value is -7.43. The topological polar surface area (TPSA) is 51.8 Å². The molecule has 0 saturated carbocycles. The van der Waals surface area contributed by atoms with Crippen LogP contribution >= 0.6 is 0 Å². The highest BCUT2D eigenvalue weighted by molar-refractivity contribution is 5.91. The van der Waals surface area contributed by atoms with E-state index in [-0.39, 0.29) is 0 Å². The smallest absolute Gasteiger partial charge is 0.227 e. The van der Waals surface area contributed by atoms with Crippen molar-refractivity contribution in [1.29, 1.82) is 0 Å². The summed E-state index contributed by atoms with van der Waals surface area (Å²) < 4.78 is 6.02. The maximum Gasteiger partial charge on any atom is 0.227 e. The highest BCUT2D eigenvalue weighted by Crippen LogP contribution is 2.56. The predicted octanol–water partition coefficient (Wildman–Crippen LogP) is 12.8. The first-order chi connectivity index (χ1) is 27.7. The molecular formula is C52H33N3O. The number of hydrogen-bond acceptors (Lipinski definition) is 4. The summed E-state index contributed by atoms with van der Waals surface area (Å²) in [7, 11) is 0. The molecule has 0 amide bonds. The monoisotopic (exact) mass is 715 g/mol. The molecule has 0 radical (unpaired) electrons. The van der Waals surface area contributed by atoms with Crippen LogP contribution in [0.2, 0.25) is 0 Å². The van der Waals surface area contributed by atoms with Crippen molar-refractivity contribution in [3.05, 3.63) is 222 Å². The second kappa shape index (κ2) is 12.9. The van der Waals surface area contributed by atoms with E-state index in [4.69, 9.17) is 14.4 Å². The van der Waals surface area contributed by atoms with Gasteiger partial charge in [-0.25, -0.2) is 15.0 Å². The number of fused-ring (bicyclic) bond motifs is 5. The van der Waals surface area contributed by atoms with E-state index in [1.54, 1.807) is 0 Å². The van der Waals surface area contributed by atoms with E-state index in [1.807, 2.05) is 48.5 Å². The van der Waals surface area contributed by atoms with Gasteiger partial charge in [0.1, 0.15) is 5.52 Å². The molecule has 4 heteroatoms. The molecule has 56 heavy (non-hydrogen) atoms. The molecule has 262 valence electrons. The van der Waals surface area contributed by atoms with Gasteiger partial charge in [-0.15, -0.1) is 0 Å². The van der Waals surface area contributed by atoms with E-state index >= 15 is 0 Å². The van der Waals surface area contributed by atoms with E-state index in [1.165, 1.54) is 33.4 Å². The van der Waals surface area contributed by atoms with Crippen molar-refractivity contribution in [3.63, 3.8) is 0 Å². The van der Waals surface area contributed by atoms with Gasteiger partial charge in [-0.3, -0.25) is 0 Å². The number of benzene rings is 8. The van der Waals surface area contributed by atoms with Gasteiger partial charge < -0.3 is 4.42 Å². The van der Waals surface area contributed by atoms with Gasteiger partial charge in [-0.2, -0.15) is 0 Å². The van der Waals surface area contributed by atoms with Gasteiger partial charge in [-0.05, 0) is 87.0 Å². The summed E-state index contributed by atoms with van der Waals surface area (Å²) in [5, 5.41) is 0. The fourth-order valence-electron chi connectivity index (χ4n) is 8.62. The summed E-state index contributed by atoms with van der Waals surface area (Å²) in [6, 6.07) is 70.6. The summed E-state index contributed by atoms with van der Waals surface area (Å²) >= 11 is 0. The van der Waals surface area contributed by atoms with Gasteiger partial charge >= 0.3 is 0 Å². The van der Waals surface area contributed by atoms with Crippen molar-refractivity contribution in [2.24, 2.45) is 0 Å². The highest BCUT2D eigenvalue weighted by atomic mass is 16.3. The lowest BCUT2D eigenvalue weighted by molar-refractivity contribution is 0.620. The second-order valence-corrected chi connectivity index (χ2v) is 14.3. The van der Waals surface area contributed by atoms with Crippen molar-refractivity contribution in [1.82, 2.24) is 15.0 Å². The molecule has 10 aromatic rings. The van der Waals surface area contributed by atoms with Crippen molar-refractivity contribution in [2.45, 2.75) is 5.41 Å². The van der Waals surface area contributed by atoms with Gasteiger partial charge in [0.15, 0.2) is 5.58 Å². The quantitative estimate of drug-likeness (QED) is 0.172. The molecule has 0 aliphatic heterocycles. The van der Waals surface area contributed by atoms with Crippen molar-refractivity contribution in [3.8, 4) is 56.2 Å². The summed E-state index contributed by atoms with van der Waals surface area (Å²) in [5.74, 6) is 0.621. The average molecular weight is 716 g/mol. The van der Waals surface area contributed by atoms with E-state index in [9.17, 15) is 0 Å². The van der Waals surface area contributed by atoms with Crippen LogP contribution in [0.1, 0.15) is 22.3 Å². The molecule has 0 saturated heterocycles. The van der Waals surface area contributed by atoms with Crippen LogP contribution in [0, 0.1) is 0 Å². The first-order valence-electron chi connectivity index (χ1n) is 18.9. The number of para-hydroxylation sites is 4. The molecule has 0 N–H and O–H groups in total. The Balaban J connectivity index is 1.04. The Bertz CT molecular complexity index is 2990. The molecule has 2 heterocycles. The predicted molar refractivity (Wildman–Crippen MR) is 226 cm³/mol. The van der Waals surface area contributed by atoms with Crippen LogP contribution in [-0.2, 0) is 5.41 Å². The summed E-state index contributed by atoms with van der Waals surface area (Å²) in [5.41, 5.74) is 17.2. The third-order valence-electron chi connectivity index (χ3n) is 11.2. The number of rotatable bonds is 6. The number of oxazole rings is 1. The average Bonchev–Trinajstić information content (AvgIpc) is 3.85. The van der Waals surface area contributed by atoms with Crippen molar-refractivity contribution < 1.29 is 4.42 Å². The third-order valence-corrected chi connectivity index (χ3v) is 11.2. The van der Waals surface area contributed by atoms with Crippen LogP contribution in [0.4, 0.5) is 0 Å². The van der Waals surface area contributed by atoms with Crippen LogP contribution in [0.25, 0.3) is 78.4 Å². The molecule has 11 rings (SSSR count). The van der Waals surface area contributed by atoms with Crippen LogP contribution < -0.4 is 0 Å². The zero-order valence-electron chi connectivity index (χ0n) is 30.3. The Morgan fingerprint density at radius 3 is 1.46 bits per heavy atom. The molecule has 0 spiro atoms. The standard InChI is InChI=1S/C52H33N3O/c1-3-13-39(14-4-1)52(40-15-5-2-6-16-40)43-18-8-7-17-41(43)42-32-31-38(33-44(42)52)50-49(53-45-19-9-10-20-46(45)54-50)36-27-23-34(24-28-36)35-25-29-37(30-26-35)51-55-47-21-11-12-22-48(47)56-51/h1-33H. The Morgan fingerprint density at radius 1 is 0.339 bits per heavy atom. The van der Waals surface area contributed by atoms with Crippen LogP contribution in [-0.4, -0.2) is 15.0 Å². The zero-order chi connectivity index (χ0) is 37.1. The molecule has 4 nitrogen and oxygen atoms in total. The SMILES string of the molecule is c1ccc(C2(c3ccccc3)c3ccccc3-c3ccc(-c4nc5ccccc5nc4-c4ccc(-c5ccc(-c6nc7ccccc7o6)cc5)cc4)cc32)cc1. The lowest BCUT2D eigenvalue weighted by atomic mass is 9.67. The summed E-state index contributed by atoms with van der Waals surface area (Å²) in [6.07, 6.45) is 0. The van der Waals surface area contributed by atoms with E-state index in [2.05, 4.69) is 157 Å². The Morgan fingerprint density at radius 2 is 0.821 bits per heavy atom. The second-order valence-electron chi connectivity index (χ2n) is 14.3. The summed E-state index contributed by atoms with van der Waals surface area (Å²) in [6.45, 7) is 0. The normalized spacial score (nSPS) is 12.8. The minimum absolute atomic E-state index is 0.507. The zero-order valence-corrected chi connectivity index (χ0v) is 30.3. The van der Waals surface area contributed by atoms with Crippen LogP contribution in [0.3, 0.4) is 0 Å². The molecule has 0 atom stereocenters. The van der Waals surface area contributed by atoms with Crippen molar-refractivity contribution in [2.75, 3.05) is 0 Å². The first kappa shape index (κ1) is 32.0. The molecule has 1 aliphatic carbocycles. The van der Waals surface area contributed by atoms with E-state index in [0.29, 0.717) is 5.89 Å².